The average Bonchev–Trinajstić information content (AvgIpc) is 2.39. The van der Waals surface area contributed by atoms with Crippen molar-refractivity contribution in [3.63, 3.8) is 0 Å². The number of hydrogen-bond acceptors (Lipinski definition) is 6. The molecule has 0 aromatic heterocycles. The molecule has 0 saturated heterocycles. The number of aryl methyl sites for hydroxylation is 1. The Hall–Kier alpha value is -1.64. The molecule has 0 aliphatic rings. The zero-order chi connectivity index (χ0) is 18.0. The van der Waals surface area contributed by atoms with Gasteiger partial charge in [0.1, 0.15) is 10.6 Å². The fraction of sp³-hybridized carbons (Fsp3) is 0.533. The van der Waals surface area contributed by atoms with Gasteiger partial charge >= 0.3 is 5.97 Å². The van der Waals surface area contributed by atoms with Crippen LogP contribution in [-0.2, 0) is 19.1 Å². The second-order valence-electron chi connectivity index (χ2n) is 5.96. The molecule has 1 aromatic carbocycles. The first-order chi connectivity index (χ1) is 10.4. The zero-order valence-electron chi connectivity index (χ0n) is 13.5. The number of benzene rings is 1. The Kier molecular flexibility index (Phi) is 5.79. The van der Waals surface area contributed by atoms with E-state index in [2.05, 4.69) is 0 Å². The molecule has 1 rings (SSSR count). The Bertz CT molecular complexity index is 679. The van der Waals surface area contributed by atoms with Crippen LogP contribution in [0, 0.1) is 12.8 Å². The molecule has 0 spiro atoms. The molecule has 0 bridgehead atoms. The molecule has 2 atom stereocenters. The van der Waals surface area contributed by atoms with Crippen LogP contribution in [0.2, 0.25) is 0 Å². The van der Waals surface area contributed by atoms with E-state index in [-0.39, 0.29) is 28.5 Å². The summed E-state index contributed by atoms with van der Waals surface area (Å²) in [4.78, 5) is 11.3. The standard InChI is InChI=1S/C15H22O7S/c1-9(2)8-15(11(4)16,14(18)19)22-23(20,21)13-7-12(17)6-5-10(13)3/h5-7,9,11,16-17H,8H2,1-4H3,(H,18,19). The van der Waals surface area contributed by atoms with Crippen molar-refractivity contribution >= 4 is 16.1 Å². The molecule has 3 N–H and O–H groups in total. The summed E-state index contributed by atoms with van der Waals surface area (Å²) in [6.45, 7) is 6.04. The lowest BCUT2D eigenvalue weighted by Crippen LogP contribution is -2.52. The molecule has 0 radical (unpaired) electrons. The first-order valence-electron chi connectivity index (χ1n) is 7.09. The minimum Gasteiger partial charge on any atom is -0.508 e. The third-order valence-corrected chi connectivity index (χ3v) is 4.94. The molecule has 0 heterocycles. The van der Waals surface area contributed by atoms with Crippen LogP contribution in [0.15, 0.2) is 23.1 Å². The Morgan fingerprint density at radius 1 is 1.30 bits per heavy atom. The summed E-state index contributed by atoms with van der Waals surface area (Å²) in [7, 11) is -4.51. The maximum Gasteiger partial charge on any atom is 0.340 e. The van der Waals surface area contributed by atoms with E-state index in [1.165, 1.54) is 26.0 Å². The lowest BCUT2D eigenvalue weighted by Gasteiger charge is -2.32. The van der Waals surface area contributed by atoms with Gasteiger partial charge in [0, 0.05) is 6.07 Å². The Morgan fingerprint density at radius 3 is 2.30 bits per heavy atom. The summed E-state index contributed by atoms with van der Waals surface area (Å²) in [5.41, 5.74) is -2.01. The van der Waals surface area contributed by atoms with Crippen molar-refractivity contribution in [2.24, 2.45) is 5.92 Å². The number of carboxylic acid groups (broad SMARTS) is 1. The largest absolute Gasteiger partial charge is 0.508 e. The summed E-state index contributed by atoms with van der Waals surface area (Å²) in [5.74, 6) is -2.09. The van der Waals surface area contributed by atoms with Crippen LogP contribution in [0.25, 0.3) is 0 Å². The monoisotopic (exact) mass is 346 g/mol. The van der Waals surface area contributed by atoms with Crippen molar-refractivity contribution in [1.82, 2.24) is 0 Å². The fourth-order valence-electron chi connectivity index (χ4n) is 2.28. The van der Waals surface area contributed by atoms with E-state index < -0.39 is 27.8 Å². The van der Waals surface area contributed by atoms with E-state index in [1.54, 1.807) is 13.8 Å². The smallest absolute Gasteiger partial charge is 0.340 e. The summed E-state index contributed by atoms with van der Waals surface area (Å²) in [5, 5.41) is 28.9. The highest BCUT2D eigenvalue weighted by Gasteiger charge is 2.49. The number of rotatable bonds is 7. The third kappa shape index (κ3) is 4.21. The minimum absolute atomic E-state index is 0.197. The van der Waals surface area contributed by atoms with Crippen LogP contribution in [-0.4, -0.2) is 41.4 Å². The van der Waals surface area contributed by atoms with E-state index >= 15 is 0 Å². The number of phenolic OH excluding ortho intramolecular Hbond substituents is 1. The van der Waals surface area contributed by atoms with Gasteiger partial charge in [-0.3, -0.25) is 0 Å². The number of hydrogen-bond donors (Lipinski definition) is 3. The average molecular weight is 346 g/mol. The van der Waals surface area contributed by atoms with Gasteiger partial charge in [-0.2, -0.15) is 8.42 Å². The summed E-state index contributed by atoms with van der Waals surface area (Å²) in [6, 6.07) is 3.66. The first-order valence-corrected chi connectivity index (χ1v) is 8.50. The molecule has 0 saturated carbocycles. The highest BCUT2D eigenvalue weighted by atomic mass is 32.2. The normalized spacial score (nSPS) is 16.1. The lowest BCUT2D eigenvalue weighted by molar-refractivity contribution is -0.167. The highest BCUT2D eigenvalue weighted by molar-refractivity contribution is 7.86. The first kappa shape index (κ1) is 19.4. The van der Waals surface area contributed by atoms with Crippen LogP contribution < -0.4 is 0 Å². The van der Waals surface area contributed by atoms with Crippen molar-refractivity contribution in [2.75, 3.05) is 0 Å². The zero-order valence-corrected chi connectivity index (χ0v) is 14.3. The van der Waals surface area contributed by atoms with E-state index in [0.717, 1.165) is 6.07 Å². The quantitative estimate of drug-likeness (QED) is 0.642. The molecule has 23 heavy (non-hydrogen) atoms. The Morgan fingerprint density at radius 2 is 1.87 bits per heavy atom. The van der Waals surface area contributed by atoms with Gasteiger partial charge in [-0.25, -0.2) is 8.98 Å². The number of aliphatic hydroxyl groups is 1. The van der Waals surface area contributed by atoms with Crippen molar-refractivity contribution in [1.29, 1.82) is 0 Å². The van der Waals surface area contributed by atoms with Crippen LogP contribution >= 0.6 is 0 Å². The molecule has 7 nitrogen and oxygen atoms in total. The van der Waals surface area contributed by atoms with Crippen molar-refractivity contribution in [2.45, 2.75) is 50.7 Å². The topological polar surface area (TPSA) is 121 Å². The molecule has 8 heteroatoms. The number of aliphatic hydroxyl groups excluding tert-OH is 1. The summed E-state index contributed by atoms with van der Waals surface area (Å²) < 4.78 is 30.0. The second-order valence-corrected chi connectivity index (χ2v) is 7.47. The van der Waals surface area contributed by atoms with E-state index in [1.807, 2.05) is 0 Å². The molecule has 2 unspecified atom stereocenters. The number of aromatic hydroxyl groups is 1. The van der Waals surface area contributed by atoms with Crippen LogP contribution in [0.1, 0.15) is 32.8 Å². The molecule has 0 aliphatic carbocycles. The SMILES string of the molecule is Cc1ccc(O)cc1S(=O)(=O)OC(CC(C)C)(C(=O)O)C(C)O. The summed E-state index contributed by atoms with van der Waals surface area (Å²) >= 11 is 0. The molecule has 0 aliphatic heterocycles. The molecule has 0 fully saturated rings. The fourth-order valence-corrected chi connectivity index (χ4v) is 3.77. The Balaban J connectivity index is 3.41. The maximum atomic E-state index is 12.5. The molecular formula is C15H22O7S. The van der Waals surface area contributed by atoms with Gasteiger partial charge in [-0.15, -0.1) is 0 Å². The van der Waals surface area contributed by atoms with Crippen LogP contribution in [0.3, 0.4) is 0 Å². The Labute approximate surface area is 135 Å². The van der Waals surface area contributed by atoms with Gasteiger partial charge in [-0.05, 0) is 37.8 Å². The number of carboxylic acids is 1. The summed E-state index contributed by atoms with van der Waals surface area (Å²) in [6.07, 6.45) is -1.76. The minimum atomic E-state index is -4.51. The van der Waals surface area contributed by atoms with E-state index in [9.17, 15) is 28.5 Å². The maximum absolute atomic E-state index is 12.5. The van der Waals surface area contributed by atoms with Gasteiger partial charge in [0.15, 0.2) is 0 Å². The van der Waals surface area contributed by atoms with Crippen molar-refractivity contribution < 1.29 is 32.7 Å². The van der Waals surface area contributed by atoms with E-state index in [4.69, 9.17) is 4.18 Å². The molecule has 1 aromatic rings. The van der Waals surface area contributed by atoms with Gasteiger partial charge < -0.3 is 15.3 Å². The van der Waals surface area contributed by atoms with E-state index in [0.29, 0.717) is 0 Å². The molecule has 130 valence electrons. The van der Waals surface area contributed by atoms with Gasteiger partial charge in [0.05, 0.1) is 6.10 Å². The second kappa shape index (κ2) is 6.86. The number of phenols is 1. The predicted molar refractivity (Wildman–Crippen MR) is 82.6 cm³/mol. The molecule has 0 amide bonds. The van der Waals surface area contributed by atoms with Crippen LogP contribution in [0.5, 0.6) is 5.75 Å². The van der Waals surface area contributed by atoms with Gasteiger partial charge in [0.2, 0.25) is 5.60 Å². The number of aliphatic carboxylic acids is 1. The van der Waals surface area contributed by atoms with Crippen molar-refractivity contribution in [3.05, 3.63) is 23.8 Å². The van der Waals surface area contributed by atoms with Gasteiger partial charge in [0.25, 0.3) is 10.1 Å². The third-order valence-electron chi connectivity index (χ3n) is 3.45. The number of carbonyl (C=O) groups is 1. The van der Waals surface area contributed by atoms with Crippen LogP contribution in [0.4, 0.5) is 0 Å². The predicted octanol–water partition coefficient (Wildman–Crippen LogP) is 1.66. The van der Waals surface area contributed by atoms with Crippen molar-refractivity contribution in [3.8, 4) is 5.75 Å². The highest BCUT2D eigenvalue weighted by Crippen LogP contribution is 2.32. The molecular weight excluding hydrogens is 324 g/mol. The lowest BCUT2D eigenvalue weighted by atomic mass is 9.88. The van der Waals surface area contributed by atoms with Gasteiger partial charge in [-0.1, -0.05) is 19.9 Å².